The van der Waals surface area contributed by atoms with Crippen LogP contribution in [0.15, 0.2) is 23.4 Å². The van der Waals surface area contributed by atoms with Crippen LogP contribution in [0, 0.1) is 5.82 Å². The number of hydrogen-bond donors (Lipinski definition) is 1. The molecule has 0 saturated heterocycles. The van der Waals surface area contributed by atoms with Crippen LogP contribution in [0.5, 0.6) is 0 Å². The topological polar surface area (TPSA) is 55.1 Å². The van der Waals surface area contributed by atoms with Crippen molar-refractivity contribution in [2.24, 2.45) is 0 Å². The Bertz CT molecular complexity index is 679. The third-order valence-electron chi connectivity index (χ3n) is 3.88. The number of fused-ring (bicyclic) bond motifs is 1. The molecule has 0 bridgehead atoms. The lowest BCUT2D eigenvalue weighted by Gasteiger charge is -2.41. The molecule has 1 aromatic heterocycles. The van der Waals surface area contributed by atoms with Crippen molar-refractivity contribution >= 4 is 28.8 Å². The van der Waals surface area contributed by atoms with Crippen molar-refractivity contribution in [2.75, 3.05) is 5.75 Å². The Labute approximate surface area is 120 Å². The molecular formula is C14H15FN2O2S. The molecule has 0 radical (unpaired) electrons. The van der Waals surface area contributed by atoms with Gasteiger partial charge < -0.3 is 9.67 Å². The Hall–Kier alpha value is -1.56. The van der Waals surface area contributed by atoms with Crippen molar-refractivity contribution in [1.29, 1.82) is 0 Å². The van der Waals surface area contributed by atoms with E-state index in [4.69, 9.17) is 5.11 Å². The predicted octanol–water partition coefficient (Wildman–Crippen LogP) is 3.25. The molecule has 1 heterocycles. The van der Waals surface area contributed by atoms with Crippen molar-refractivity contribution in [1.82, 2.24) is 9.55 Å². The molecular weight excluding hydrogens is 279 g/mol. The number of carboxylic acid groups (broad SMARTS) is 1. The fourth-order valence-corrected chi connectivity index (χ4v) is 3.55. The highest BCUT2D eigenvalue weighted by Crippen LogP contribution is 2.43. The van der Waals surface area contributed by atoms with E-state index in [9.17, 15) is 9.18 Å². The van der Waals surface area contributed by atoms with Gasteiger partial charge in [0, 0.05) is 11.6 Å². The SMILES string of the molecule is CC1(n2c(SCC(=O)O)nc3cc(F)ccc32)CCC1. The van der Waals surface area contributed by atoms with E-state index in [0.717, 1.165) is 24.8 Å². The van der Waals surface area contributed by atoms with Gasteiger partial charge in [0.1, 0.15) is 5.82 Å². The molecule has 20 heavy (non-hydrogen) atoms. The van der Waals surface area contributed by atoms with E-state index >= 15 is 0 Å². The summed E-state index contributed by atoms with van der Waals surface area (Å²) in [5.41, 5.74) is 1.43. The van der Waals surface area contributed by atoms with Crippen LogP contribution >= 0.6 is 11.8 Å². The molecule has 0 amide bonds. The zero-order chi connectivity index (χ0) is 14.3. The standard InChI is InChI=1S/C14H15FN2O2S/c1-14(5-2-6-14)17-11-4-3-9(15)7-10(11)16-13(17)20-8-12(18)19/h3-4,7H,2,5-6,8H2,1H3,(H,18,19). The predicted molar refractivity (Wildman–Crippen MR) is 75.5 cm³/mol. The molecule has 106 valence electrons. The molecule has 0 unspecified atom stereocenters. The van der Waals surface area contributed by atoms with Crippen LogP contribution in [0.25, 0.3) is 11.0 Å². The summed E-state index contributed by atoms with van der Waals surface area (Å²) in [6, 6.07) is 4.55. The fraction of sp³-hybridized carbons (Fsp3) is 0.429. The lowest BCUT2D eigenvalue weighted by Crippen LogP contribution is -2.37. The van der Waals surface area contributed by atoms with E-state index in [1.54, 1.807) is 6.07 Å². The van der Waals surface area contributed by atoms with Gasteiger partial charge in [0.25, 0.3) is 0 Å². The summed E-state index contributed by atoms with van der Waals surface area (Å²) >= 11 is 1.19. The summed E-state index contributed by atoms with van der Waals surface area (Å²) in [6.45, 7) is 2.14. The molecule has 4 nitrogen and oxygen atoms in total. The van der Waals surface area contributed by atoms with Crippen molar-refractivity contribution in [3.05, 3.63) is 24.0 Å². The summed E-state index contributed by atoms with van der Waals surface area (Å²) in [5.74, 6) is -1.24. The highest BCUT2D eigenvalue weighted by Gasteiger charge is 2.36. The summed E-state index contributed by atoms with van der Waals surface area (Å²) in [7, 11) is 0. The monoisotopic (exact) mass is 294 g/mol. The Morgan fingerprint density at radius 1 is 1.55 bits per heavy atom. The highest BCUT2D eigenvalue weighted by atomic mass is 32.2. The summed E-state index contributed by atoms with van der Waals surface area (Å²) in [6.07, 6.45) is 3.23. The third kappa shape index (κ3) is 2.18. The van der Waals surface area contributed by atoms with Crippen molar-refractivity contribution < 1.29 is 14.3 Å². The van der Waals surface area contributed by atoms with Gasteiger partial charge in [-0.1, -0.05) is 11.8 Å². The van der Waals surface area contributed by atoms with Gasteiger partial charge in [-0.25, -0.2) is 9.37 Å². The maximum Gasteiger partial charge on any atom is 0.313 e. The van der Waals surface area contributed by atoms with E-state index < -0.39 is 5.97 Å². The zero-order valence-corrected chi connectivity index (χ0v) is 11.9. The number of halogens is 1. The number of carboxylic acids is 1. The first-order valence-electron chi connectivity index (χ1n) is 6.53. The number of thioether (sulfide) groups is 1. The van der Waals surface area contributed by atoms with Crippen molar-refractivity contribution in [3.63, 3.8) is 0 Å². The van der Waals surface area contributed by atoms with Crippen LogP contribution in [-0.2, 0) is 10.3 Å². The van der Waals surface area contributed by atoms with Crippen molar-refractivity contribution in [3.8, 4) is 0 Å². The third-order valence-corrected chi connectivity index (χ3v) is 4.80. The Morgan fingerprint density at radius 2 is 2.30 bits per heavy atom. The number of benzene rings is 1. The van der Waals surface area contributed by atoms with Gasteiger partial charge in [0.2, 0.25) is 0 Å². The number of imidazole rings is 1. The van der Waals surface area contributed by atoms with E-state index in [1.165, 1.54) is 23.9 Å². The first-order chi connectivity index (χ1) is 9.49. The number of aromatic nitrogens is 2. The second-order valence-corrected chi connectivity index (χ2v) is 6.34. The first-order valence-corrected chi connectivity index (χ1v) is 7.51. The van der Waals surface area contributed by atoms with Gasteiger partial charge in [-0.2, -0.15) is 0 Å². The first kappa shape index (κ1) is 13.4. The number of hydrogen-bond acceptors (Lipinski definition) is 3. The van der Waals surface area contributed by atoms with E-state index in [2.05, 4.69) is 16.5 Å². The van der Waals surface area contributed by atoms with Crippen LogP contribution in [-0.4, -0.2) is 26.4 Å². The van der Waals surface area contributed by atoms with Gasteiger partial charge in [0.05, 0.1) is 16.8 Å². The normalized spacial score (nSPS) is 17.1. The minimum atomic E-state index is -0.876. The molecule has 1 aliphatic carbocycles. The van der Waals surface area contributed by atoms with Crippen LogP contribution in [0.1, 0.15) is 26.2 Å². The summed E-state index contributed by atoms with van der Waals surface area (Å²) < 4.78 is 15.4. The number of rotatable bonds is 4. The van der Waals surface area contributed by atoms with Crippen LogP contribution in [0.2, 0.25) is 0 Å². The number of nitrogens with zero attached hydrogens (tertiary/aromatic N) is 2. The van der Waals surface area contributed by atoms with Gasteiger partial charge in [-0.05, 0) is 38.3 Å². The molecule has 6 heteroatoms. The quantitative estimate of drug-likeness (QED) is 0.879. The van der Waals surface area contributed by atoms with Crippen LogP contribution in [0.3, 0.4) is 0 Å². The zero-order valence-electron chi connectivity index (χ0n) is 11.1. The maximum atomic E-state index is 13.3. The lowest BCUT2D eigenvalue weighted by molar-refractivity contribution is -0.133. The largest absolute Gasteiger partial charge is 0.481 e. The fourth-order valence-electron chi connectivity index (χ4n) is 2.69. The average molecular weight is 294 g/mol. The number of carbonyl (C=O) groups is 1. The van der Waals surface area contributed by atoms with Crippen molar-refractivity contribution in [2.45, 2.75) is 36.9 Å². The second kappa shape index (κ2) is 4.77. The molecule has 1 N–H and O–H groups in total. The van der Waals surface area contributed by atoms with Gasteiger partial charge >= 0.3 is 5.97 Å². The Balaban J connectivity index is 2.11. The Kier molecular flexibility index (Phi) is 3.20. The molecule has 1 aliphatic rings. The van der Waals surface area contributed by atoms with Gasteiger partial charge in [0.15, 0.2) is 5.16 Å². The molecule has 0 spiro atoms. The van der Waals surface area contributed by atoms with E-state index in [1.807, 2.05) is 0 Å². The van der Waals surface area contributed by atoms with Gasteiger partial charge in [-0.15, -0.1) is 0 Å². The summed E-state index contributed by atoms with van der Waals surface area (Å²) in [5, 5.41) is 9.50. The minimum absolute atomic E-state index is 0.0343. The highest BCUT2D eigenvalue weighted by molar-refractivity contribution is 7.99. The summed E-state index contributed by atoms with van der Waals surface area (Å²) in [4.78, 5) is 15.2. The molecule has 3 rings (SSSR count). The molecule has 0 atom stereocenters. The second-order valence-electron chi connectivity index (χ2n) is 5.40. The molecule has 2 aromatic rings. The molecule has 1 saturated carbocycles. The van der Waals surface area contributed by atoms with E-state index in [0.29, 0.717) is 10.7 Å². The molecule has 0 aliphatic heterocycles. The maximum absolute atomic E-state index is 13.3. The van der Waals surface area contributed by atoms with Crippen LogP contribution in [0.4, 0.5) is 4.39 Å². The minimum Gasteiger partial charge on any atom is -0.481 e. The Morgan fingerprint density at radius 3 is 2.90 bits per heavy atom. The smallest absolute Gasteiger partial charge is 0.313 e. The van der Waals surface area contributed by atoms with Gasteiger partial charge in [-0.3, -0.25) is 4.79 Å². The lowest BCUT2D eigenvalue weighted by atomic mass is 9.78. The van der Waals surface area contributed by atoms with Crippen LogP contribution < -0.4 is 0 Å². The van der Waals surface area contributed by atoms with E-state index in [-0.39, 0.29) is 17.1 Å². The average Bonchev–Trinajstić information content (AvgIpc) is 2.71. The molecule has 1 aromatic carbocycles. The molecule has 1 fully saturated rings. The number of aliphatic carboxylic acids is 1.